The predicted octanol–water partition coefficient (Wildman–Crippen LogP) is 0.843. The highest BCUT2D eigenvalue weighted by molar-refractivity contribution is 6.53. The molecule has 0 aliphatic carbocycles. The minimum Gasteiger partial charge on any atom is -0.433 e. The van der Waals surface area contributed by atoms with Crippen molar-refractivity contribution >= 4 is 15.0 Å². The van der Waals surface area contributed by atoms with Gasteiger partial charge in [0, 0.05) is 33.8 Å². The first-order valence-electron chi connectivity index (χ1n) is 4.73. The number of ether oxygens (including phenoxy) is 1. The molecular weight excluding hydrogens is 232 g/mol. The van der Waals surface area contributed by atoms with Crippen molar-refractivity contribution in [3.63, 3.8) is 0 Å². The second-order valence-corrected chi connectivity index (χ2v) is 5.17. The van der Waals surface area contributed by atoms with Gasteiger partial charge >= 0.3 is 15.0 Å². The molecular formula is C9H18O6Si. The molecule has 0 rings (SSSR count). The highest BCUT2D eigenvalue weighted by atomic mass is 28.4. The average molecular weight is 250 g/mol. The Morgan fingerprint density at radius 3 is 2.12 bits per heavy atom. The van der Waals surface area contributed by atoms with Crippen LogP contribution >= 0.6 is 0 Å². The van der Waals surface area contributed by atoms with Crippen molar-refractivity contribution in [2.75, 3.05) is 21.3 Å². The second-order valence-electron chi connectivity index (χ2n) is 2.71. The smallest absolute Gasteiger partial charge is 0.433 e. The molecule has 0 aliphatic rings. The van der Waals surface area contributed by atoms with Gasteiger partial charge in [-0.1, -0.05) is 13.5 Å². The molecule has 0 spiro atoms. The van der Waals surface area contributed by atoms with E-state index in [-0.39, 0.29) is 0 Å². The minimum absolute atomic E-state index is 0.449. The van der Waals surface area contributed by atoms with Gasteiger partial charge < -0.3 is 22.4 Å². The summed E-state index contributed by atoms with van der Waals surface area (Å²) < 4.78 is 25.4. The van der Waals surface area contributed by atoms with Crippen LogP contribution in [0.5, 0.6) is 0 Å². The van der Waals surface area contributed by atoms with E-state index in [2.05, 4.69) is 6.58 Å². The standard InChI is InChI=1S/C9H18O6Si/c1-6-8(10)14-9(7-2)15-16(11-3,12-4)13-5/h6,9H,1,7H2,2-5H3. The highest BCUT2D eigenvalue weighted by Gasteiger charge is 2.45. The summed E-state index contributed by atoms with van der Waals surface area (Å²) in [6, 6.07) is 0. The molecule has 0 aromatic carbocycles. The molecule has 0 bridgehead atoms. The summed E-state index contributed by atoms with van der Waals surface area (Å²) in [5.74, 6) is -0.571. The van der Waals surface area contributed by atoms with Crippen molar-refractivity contribution in [2.45, 2.75) is 19.6 Å². The summed E-state index contributed by atoms with van der Waals surface area (Å²) in [4.78, 5) is 11.0. The fraction of sp³-hybridized carbons (Fsp3) is 0.667. The zero-order valence-corrected chi connectivity index (χ0v) is 11.0. The quantitative estimate of drug-likeness (QED) is 0.275. The minimum atomic E-state index is -3.19. The van der Waals surface area contributed by atoms with Crippen LogP contribution in [0.2, 0.25) is 0 Å². The molecule has 0 aromatic rings. The van der Waals surface area contributed by atoms with Gasteiger partial charge in [-0.05, 0) is 0 Å². The van der Waals surface area contributed by atoms with Crippen LogP contribution in [-0.4, -0.2) is 42.6 Å². The Labute approximate surface area is 96.6 Å². The molecule has 1 unspecified atom stereocenters. The maximum absolute atomic E-state index is 11.0. The average Bonchev–Trinajstić information content (AvgIpc) is 2.34. The second kappa shape index (κ2) is 7.53. The van der Waals surface area contributed by atoms with E-state index in [1.54, 1.807) is 6.92 Å². The normalized spacial score (nSPS) is 13.2. The molecule has 0 aromatic heterocycles. The Balaban J connectivity index is 4.48. The van der Waals surface area contributed by atoms with E-state index >= 15 is 0 Å². The first kappa shape index (κ1) is 15.3. The van der Waals surface area contributed by atoms with Crippen LogP contribution < -0.4 is 0 Å². The topological polar surface area (TPSA) is 63.2 Å². The van der Waals surface area contributed by atoms with E-state index < -0.39 is 21.3 Å². The van der Waals surface area contributed by atoms with Gasteiger partial charge in [0.15, 0.2) is 6.29 Å². The van der Waals surface area contributed by atoms with Gasteiger partial charge in [-0.3, -0.25) is 0 Å². The molecule has 0 saturated carbocycles. The van der Waals surface area contributed by atoms with Gasteiger partial charge in [-0.15, -0.1) is 0 Å². The van der Waals surface area contributed by atoms with E-state index in [0.717, 1.165) is 6.08 Å². The van der Waals surface area contributed by atoms with Crippen molar-refractivity contribution in [1.29, 1.82) is 0 Å². The largest absolute Gasteiger partial charge is 0.681 e. The molecule has 94 valence electrons. The third kappa shape index (κ3) is 4.41. The summed E-state index contributed by atoms with van der Waals surface area (Å²) in [5.41, 5.74) is 0. The van der Waals surface area contributed by atoms with Crippen molar-refractivity contribution in [2.24, 2.45) is 0 Å². The molecule has 0 aliphatic heterocycles. The fourth-order valence-electron chi connectivity index (χ4n) is 0.924. The summed E-state index contributed by atoms with van der Waals surface area (Å²) in [6.45, 7) is 5.09. The zero-order chi connectivity index (χ0) is 12.6. The number of esters is 1. The van der Waals surface area contributed by atoms with Crippen LogP contribution in [0, 0.1) is 0 Å². The lowest BCUT2D eigenvalue weighted by Crippen LogP contribution is -2.49. The lowest BCUT2D eigenvalue weighted by molar-refractivity contribution is -0.170. The zero-order valence-electron chi connectivity index (χ0n) is 10.0. The summed E-state index contributed by atoms with van der Waals surface area (Å²) in [5, 5.41) is 0. The van der Waals surface area contributed by atoms with Crippen molar-refractivity contribution < 1.29 is 27.2 Å². The Kier molecular flexibility index (Phi) is 7.18. The third-order valence-electron chi connectivity index (χ3n) is 1.77. The summed E-state index contributed by atoms with van der Waals surface area (Å²) in [6.07, 6.45) is 0.725. The van der Waals surface area contributed by atoms with E-state index in [4.69, 9.17) is 22.4 Å². The van der Waals surface area contributed by atoms with Crippen LogP contribution in [-0.2, 0) is 27.2 Å². The Bertz CT molecular complexity index is 220. The van der Waals surface area contributed by atoms with Crippen molar-refractivity contribution in [3.05, 3.63) is 12.7 Å². The lowest BCUT2D eigenvalue weighted by atomic mass is 10.5. The summed E-state index contributed by atoms with van der Waals surface area (Å²) >= 11 is 0. The van der Waals surface area contributed by atoms with E-state index in [1.807, 2.05) is 0 Å². The molecule has 1 atom stereocenters. The maximum atomic E-state index is 11.0. The molecule has 0 N–H and O–H groups in total. The number of carbonyl (C=O) groups is 1. The van der Waals surface area contributed by atoms with Crippen LogP contribution in [0.4, 0.5) is 0 Å². The highest BCUT2D eigenvalue weighted by Crippen LogP contribution is 2.14. The summed E-state index contributed by atoms with van der Waals surface area (Å²) in [7, 11) is 1.02. The molecule has 7 heteroatoms. The molecule has 0 fully saturated rings. The Morgan fingerprint density at radius 2 is 1.81 bits per heavy atom. The van der Waals surface area contributed by atoms with Gasteiger partial charge in [-0.25, -0.2) is 4.79 Å². The molecule has 0 heterocycles. The molecule has 16 heavy (non-hydrogen) atoms. The van der Waals surface area contributed by atoms with Crippen molar-refractivity contribution in [3.8, 4) is 0 Å². The number of hydrogen-bond acceptors (Lipinski definition) is 6. The Morgan fingerprint density at radius 1 is 1.31 bits per heavy atom. The maximum Gasteiger partial charge on any atom is 0.681 e. The lowest BCUT2D eigenvalue weighted by Gasteiger charge is -2.27. The van der Waals surface area contributed by atoms with Crippen LogP contribution in [0.1, 0.15) is 13.3 Å². The molecule has 0 amide bonds. The van der Waals surface area contributed by atoms with Gasteiger partial charge in [0.25, 0.3) is 0 Å². The third-order valence-corrected chi connectivity index (χ3v) is 3.82. The van der Waals surface area contributed by atoms with E-state index in [9.17, 15) is 4.79 Å². The van der Waals surface area contributed by atoms with Crippen LogP contribution in [0.15, 0.2) is 12.7 Å². The fourth-order valence-corrected chi connectivity index (χ4v) is 2.25. The van der Waals surface area contributed by atoms with E-state index in [1.165, 1.54) is 21.3 Å². The predicted molar refractivity (Wildman–Crippen MR) is 58.2 cm³/mol. The van der Waals surface area contributed by atoms with Gasteiger partial charge in [0.05, 0.1) is 0 Å². The Hall–Kier alpha value is -0.733. The van der Waals surface area contributed by atoms with Gasteiger partial charge in [-0.2, -0.15) is 0 Å². The van der Waals surface area contributed by atoms with Gasteiger partial charge in [0.1, 0.15) is 0 Å². The molecule has 6 nitrogen and oxygen atoms in total. The molecule has 0 saturated heterocycles. The van der Waals surface area contributed by atoms with Gasteiger partial charge in [0.2, 0.25) is 0 Å². The number of carbonyl (C=O) groups excluding carboxylic acids is 1. The van der Waals surface area contributed by atoms with E-state index in [0.29, 0.717) is 6.42 Å². The molecule has 0 radical (unpaired) electrons. The van der Waals surface area contributed by atoms with Crippen molar-refractivity contribution in [1.82, 2.24) is 0 Å². The first-order valence-corrected chi connectivity index (χ1v) is 6.37. The van der Waals surface area contributed by atoms with Crippen LogP contribution in [0.3, 0.4) is 0 Å². The number of rotatable bonds is 8. The monoisotopic (exact) mass is 250 g/mol. The van der Waals surface area contributed by atoms with Crippen LogP contribution in [0.25, 0.3) is 0 Å². The SMILES string of the molecule is C=CC(=O)OC(CC)O[Si](OC)(OC)OC. The first-order chi connectivity index (χ1) is 7.57. The number of hydrogen-bond donors (Lipinski definition) is 0.